The smallest absolute Gasteiger partial charge is 0.328 e. The van der Waals surface area contributed by atoms with Crippen LogP contribution in [0.15, 0.2) is 40.4 Å². The molecular formula is C30H44N4O2S. The van der Waals surface area contributed by atoms with E-state index < -0.39 is 0 Å². The third-order valence-electron chi connectivity index (χ3n) is 7.88. The molecule has 6 nitrogen and oxygen atoms in total. The number of piperidine rings is 1. The minimum absolute atomic E-state index is 0.0344. The summed E-state index contributed by atoms with van der Waals surface area (Å²) in [6, 6.07) is 7.30. The summed E-state index contributed by atoms with van der Waals surface area (Å²) in [5.41, 5.74) is 4.00. The molecule has 202 valence electrons. The number of benzene rings is 1. The Hall–Kier alpha value is -2.28. The molecule has 0 bridgehead atoms. The van der Waals surface area contributed by atoms with Gasteiger partial charge >= 0.3 is 5.69 Å². The van der Waals surface area contributed by atoms with E-state index in [1.54, 1.807) is 17.0 Å². The van der Waals surface area contributed by atoms with Gasteiger partial charge in [0.05, 0.1) is 11.1 Å². The predicted molar refractivity (Wildman–Crippen MR) is 155 cm³/mol. The Balaban J connectivity index is 1.42. The number of rotatable bonds is 5. The molecule has 2 aliphatic rings. The van der Waals surface area contributed by atoms with Crippen LogP contribution in [0.5, 0.6) is 0 Å². The van der Waals surface area contributed by atoms with Crippen molar-refractivity contribution in [1.29, 1.82) is 0 Å². The van der Waals surface area contributed by atoms with E-state index in [4.69, 9.17) is 4.99 Å². The van der Waals surface area contributed by atoms with Crippen LogP contribution in [-0.2, 0) is 28.7 Å². The summed E-state index contributed by atoms with van der Waals surface area (Å²) in [6.45, 7) is 20.1. The van der Waals surface area contributed by atoms with Crippen LogP contribution in [0.3, 0.4) is 0 Å². The fourth-order valence-corrected chi connectivity index (χ4v) is 6.76. The zero-order chi connectivity index (χ0) is 27.1. The normalized spacial score (nSPS) is 21.4. The van der Waals surface area contributed by atoms with Crippen LogP contribution in [0.4, 0.5) is 0 Å². The van der Waals surface area contributed by atoms with E-state index in [0.29, 0.717) is 17.7 Å². The average Bonchev–Trinajstić information content (AvgIpc) is 3.40. The minimum atomic E-state index is -0.114. The lowest BCUT2D eigenvalue weighted by atomic mass is 9.79. The van der Waals surface area contributed by atoms with Gasteiger partial charge in [0.25, 0.3) is 0 Å². The van der Waals surface area contributed by atoms with Crippen molar-refractivity contribution in [3.05, 3.63) is 57.8 Å². The van der Waals surface area contributed by atoms with Crippen molar-refractivity contribution < 1.29 is 4.79 Å². The van der Waals surface area contributed by atoms with E-state index in [2.05, 4.69) is 66.7 Å². The Bertz CT molecular complexity index is 1190. The fraction of sp³-hybridized carbons (Fsp3) is 0.633. The number of aryl methyl sites for hydroxylation is 1. The zero-order valence-electron chi connectivity index (χ0n) is 23.9. The summed E-state index contributed by atoms with van der Waals surface area (Å²) in [7, 11) is 0. The number of amides is 1. The number of imidazole rings is 1. The lowest BCUT2D eigenvalue weighted by Crippen LogP contribution is -2.44. The summed E-state index contributed by atoms with van der Waals surface area (Å²) in [6.07, 6.45) is 5.43. The second kappa shape index (κ2) is 10.5. The van der Waals surface area contributed by atoms with Gasteiger partial charge in [-0.1, -0.05) is 47.6 Å². The first-order chi connectivity index (χ1) is 17.3. The van der Waals surface area contributed by atoms with Crippen LogP contribution < -0.4 is 5.69 Å². The number of aliphatic imine (C=N–C) groups is 1. The van der Waals surface area contributed by atoms with Gasteiger partial charge in [-0.3, -0.25) is 18.9 Å². The Morgan fingerprint density at radius 1 is 0.973 bits per heavy atom. The first kappa shape index (κ1) is 27.7. The molecule has 0 spiro atoms. The number of nitrogens with zero attached hydrogens (tertiary/aromatic N) is 4. The van der Waals surface area contributed by atoms with Gasteiger partial charge < -0.3 is 4.90 Å². The zero-order valence-corrected chi connectivity index (χ0v) is 24.7. The Kier molecular flexibility index (Phi) is 7.85. The average molecular weight is 525 g/mol. The number of carbonyl (C=O) groups excluding carboxylic acids is 1. The number of carbonyl (C=O) groups is 1. The molecule has 2 aliphatic heterocycles. The van der Waals surface area contributed by atoms with E-state index in [-0.39, 0.29) is 35.0 Å². The molecule has 1 aromatic carbocycles. The second-order valence-corrected chi connectivity index (χ2v) is 13.9. The molecular weight excluding hydrogens is 480 g/mol. The molecule has 0 saturated carbocycles. The summed E-state index contributed by atoms with van der Waals surface area (Å²) in [4.78, 5) is 32.3. The van der Waals surface area contributed by atoms with Gasteiger partial charge in [0.15, 0.2) is 0 Å². The van der Waals surface area contributed by atoms with Gasteiger partial charge in [-0.05, 0) is 66.7 Å². The number of hydrogen-bond donors (Lipinski definition) is 0. The second-order valence-electron chi connectivity index (χ2n) is 12.8. The monoisotopic (exact) mass is 524 g/mol. The van der Waals surface area contributed by atoms with E-state index in [1.165, 1.54) is 21.3 Å². The van der Waals surface area contributed by atoms with Gasteiger partial charge in [0.1, 0.15) is 6.54 Å². The maximum atomic E-state index is 12.9. The summed E-state index contributed by atoms with van der Waals surface area (Å²) >= 11 is 1.93. The molecule has 3 heterocycles. The molecule has 1 fully saturated rings. The Morgan fingerprint density at radius 2 is 1.54 bits per heavy atom. The van der Waals surface area contributed by atoms with Gasteiger partial charge in [0, 0.05) is 42.8 Å². The molecule has 7 heteroatoms. The lowest BCUT2D eigenvalue weighted by molar-refractivity contribution is -0.133. The molecule has 2 atom stereocenters. The number of aromatic nitrogens is 2. The van der Waals surface area contributed by atoms with Crippen molar-refractivity contribution in [2.75, 3.05) is 13.1 Å². The first-order valence-corrected chi connectivity index (χ1v) is 14.6. The highest BCUT2D eigenvalue weighted by molar-refractivity contribution is 8.15. The van der Waals surface area contributed by atoms with Crippen LogP contribution in [0.25, 0.3) is 0 Å². The van der Waals surface area contributed by atoms with Gasteiger partial charge in [-0.15, -0.1) is 11.8 Å². The maximum absolute atomic E-state index is 12.9. The standard InChI is InChI=1S/C30H44N4O2S/c1-9-32-14-15-34(28(32)36)19-25(35)33-12-10-21(11-13-33)26-20(2)31-27(37-26)22-16-23(29(3,4)5)18-24(17-22)30(6,7)8/h14-18,20-21,26H,9-13,19H2,1-8H3. The predicted octanol–water partition coefficient (Wildman–Crippen LogP) is 5.45. The molecule has 2 aromatic rings. The Labute approximate surface area is 226 Å². The molecule has 0 radical (unpaired) electrons. The van der Waals surface area contributed by atoms with Crippen LogP contribution in [0.2, 0.25) is 0 Å². The molecule has 1 aromatic heterocycles. The van der Waals surface area contributed by atoms with E-state index >= 15 is 0 Å². The first-order valence-electron chi connectivity index (χ1n) is 13.7. The summed E-state index contributed by atoms with van der Waals surface area (Å²) in [5.74, 6) is 0.564. The molecule has 1 saturated heterocycles. The van der Waals surface area contributed by atoms with E-state index in [1.807, 2.05) is 23.6 Å². The van der Waals surface area contributed by atoms with Crippen molar-refractivity contribution in [3.8, 4) is 0 Å². The van der Waals surface area contributed by atoms with Crippen molar-refractivity contribution >= 4 is 22.7 Å². The molecule has 0 N–H and O–H groups in total. The largest absolute Gasteiger partial charge is 0.341 e. The molecule has 37 heavy (non-hydrogen) atoms. The van der Waals surface area contributed by atoms with Crippen LogP contribution in [0, 0.1) is 5.92 Å². The van der Waals surface area contributed by atoms with E-state index in [0.717, 1.165) is 31.0 Å². The quantitative estimate of drug-likeness (QED) is 0.522. The molecule has 0 aliphatic carbocycles. The summed E-state index contributed by atoms with van der Waals surface area (Å²) in [5, 5.41) is 1.59. The molecule has 4 rings (SSSR count). The number of likely N-dealkylation sites (tertiary alicyclic amines) is 1. The van der Waals surface area contributed by atoms with Crippen molar-refractivity contribution in [2.24, 2.45) is 10.9 Å². The number of hydrogen-bond acceptors (Lipinski definition) is 4. The third kappa shape index (κ3) is 6.08. The minimum Gasteiger partial charge on any atom is -0.341 e. The van der Waals surface area contributed by atoms with Crippen molar-refractivity contribution in [2.45, 2.75) is 103 Å². The van der Waals surface area contributed by atoms with Crippen LogP contribution in [0.1, 0.15) is 84.9 Å². The van der Waals surface area contributed by atoms with Crippen LogP contribution >= 0.6 is 11.8 Å². The van der Waals surface area contributed by atoms with E-state index in [9.17, 15) is 9.59 Å². The highest BCUT2D eigenvalue weighted by Gasteiger charge is 2.37. The lowest BCUT2D eigenvalue weighted by Gasteiger charge is -2.35. The topological polar surface area (TPSA) is 59.6 Å². The van der Waals surface area contributed by atoms with Gasteiger partial charge in [-0.2, -0.15) is 0 Å². The third-order valence-corrected chi connectivity index (χ3v) is 9.49. The highest BCUT2D eigenvalue weighted by Crippen LogP contribution is 2.40. The highest BCUT2D eigenvalue weighted by atomic mass is 32.2. The number of thioether (sulfide) groups is 1. The SMILES string of the molecule is CCn1ccn(CC(=O)N2CCC(C3SC(c4cc(C(C)(C)C)cc(C(C)(C)C)c4)=NC3C)CC2)c1=O. The van der Waals surface area contributed by atoms with Gasteiger partial charge in [0.2, 0.25) is 5.91 Å². The summed E-state index contributed by atoms with van der Waals surface area (Å²) < 4.78 is 3.14. The van der Waals surface area contributed by atoms with Crippen molar-refractivity contribution in [1.82, 2.24) is 14.0 Å². The molecule has 2 unspecified atom stereocenters. The van der Waals surface area contributed by atoms with Crippen LogP contribution in [-0.4, -0.2) is 49.4 Å². The molecule has 1 amide bonds. The van der Waals surface area contributed by atoms with Crippen molar-refractivity contribution in [3.63, 3.8) is 0 Å². The maximum Gasteiger partial charge on any atom is 0.328 e. The van der Waals surface area contributed by atoms with Gasteiger partial charge in [-0.25, -0.2) is 4.79 Å². The fourth-order valence-electron chi connectivity index (χ4n) is 5.30. The Morgan fingerprint density at radius 3 is 2.05 bits per heavy atom.